The van der Waals surface area contributed by atoms with Crippen LogP contribution in [0.2, 0.25) is 0 Å². The van der Waals surface area contributed by atoms with Crippen molar-refractivity contribution in [2.45, 2.75) is 17.0 Å². The van der Waals surface area contributed by atoms with E-state index in [2.05, 4.69) is 51.4 Å². The molecule has 0 spiro atoms. The molecule has 0 radical (unpaired) electrons. The average Bonchev–Trinajstić information content (AvgIpc) is 2.78. The van der Waals surface area contributed by atoms with E-state index in [-0.39, 0.29) is 0 Å². The number of nitrogens with zero attached hydrogens (tertiary/aromatic N) is 1. The molecule has 0 amide bonds. The summed E-state index contributed by atoms with van der Waals surface area (Å²) in [5, 5.41) is 1.77. The topological polar surface area (TPSA) is 3.24 Å². The van der Waals surface area contributed by atoms with Crippen LogP contribution in [-0.4, -0.2) is 24.6 Å². The third-order valence-corrected chi connectivity index (χ3v) is 4.63. The summed E-state index contributed by atoms with van der Waals surface area (Å²) in [4.78, 5) is 2.49. The number of hydrogen-bond acceptors (Lipinski definition) is 2. The van der Waals surface area contributed by atoms with E-state index in [0.29, 0.717) is 0 Å². The second-order valence-electron chi connectivity index (χ2n) is 3.89. The van der Waals surface area contributed by atoms with Crippen molar-refractivity contribution in [1.82, 2.24) is 0 Å². The van der Waals surface area contributed by atoms with E-state index >= 15 is 0 Å². The van der Waals surface area contributed by atoms with Crippen molar-refractivity contribution in [3.63, 3.8) is 0 Å². The highest BCUT2D eigenvalue weighted by Crippen LogP contribution is 2.26. The van der Waals surface area contributed by atoms with Crippen LogP contribution in [0.3, 0.4) is 0 Å². The number of thioether (sulfide) groups is 1. The lowest BCUT2D eigenvalue weighted by Gasteiger charge is -2.18. The van der Waals surface area contributed by atoms with Gasteiger partial charge in [-0.2, -0.15) is 11.8 Å². The normalized spacial score (nSPS) is 20.9. The molecule has 3 heteroatoms. The van der Waals surface area contributed by atoms with Crippen molar-refractivity contribution < 1.29 is 0 Å². The van der Waals surface area contributed by atoms with Gasteiger partial charge in [0.05, 0.1) is 0 Å². The number of halogens is 1. The van der Waals surface area contributed by atoms with E-state index in [1.54, 1.807) is 0 Å². The molecule has 1 aromatic rings. The first-order chi connectivity index (χ1) is 7.33. The van der Waals surface area contributed by atoms with Crippen molar-refractivity contribution in [2.75, 3.05) is 24.2 Å². The molecule has 1 aliphatic rings. The molecule has 0 N–H and O–H groups in total. The van der Waals surface area contributed by atoms with Crippen molar-refractivity contribution in [2.24, 2.45) is 0 Å². The summed E-state index contributed by atoms with van der Waals surface area (Å²) in [6.45, 7) is 2.41. The molecule has 1 nitrogen and oxygen atoms in total. The lowest BCUT2D eigenvalue weighted by molar-refractivity contribution is 0.965. The second kappa shape index (κ2) is 5.26. The minimum absolute atomic E-state index is 0.820. The van der Waals surface area contributed by atoms with Crippen LogP contribution in [-0.2, 0) is 5.33 Å². The molecule has 1 aliphatic heterocycles. The van der Waals surface area contributed by atoms with Crippen LogP contribution < -0.4 is 4.90 Å². The fourth-order valence-electron chi connectivity index (χ4n) is 1.95. The Balaban J connectivity index is 2.04. The Morgan fingerprint density at radius 2 is 2.13 bits per heavy atom. The van der Waals surface area contributed by atoms with Gasteiger partial charge in [0.2, 0.25) is 0 Å². The van der Waals surface area contributed by atoms with Gasteiger partial charge in [-0.15, -0.1) is 0 Å². The lowest BCUT2D eigenvalue weighted by Crippen LogP contribution is -2.19. The summed E-state index contributed by atoms with van der Waals surface area (Å²) in [5.74, 6) is 0. The Morgan fingerprint density at radius 3 is 2.67 bits per heavy atom. The van der Waals surface area contributed by atoms with Crippen LogP contribution in [0.5, 0.6) is 0 Å². The van der Waals surface area contributed by atoms with Crippen LogP contribution in [0.15, 0.2) is 24.3 Å². The third-order valence-electron chi connectivity index (χ3n) is 2.93. The Hall–Kier alpha value is -0.150. The summed E-state index contributed by atoms with van der Waals surface area (Å²) < 4.78 is 0. The third kappa shape index (κ3) is 2.70. The van der Waals surface area contributed by atoms with Crippen LogP contribution in [0.4, 0.5) is 5.69 Å². The Morgan fingerprint density at radius 1 is 1.40 bits per heavy atom. The molecule has 0 aromatic heterocycles. The summed E-state index contributed by atoms with van der Waals surface area (Å²) >= 11 is 5.46. The second-order valence-corrected chi connectivity index (χ2v) is 5.59. The fraction of sp³-hybridized carbons (Fsp3) is 0.500. The molecule has 0 saturated carbocycles. The zero-order valence-corrected chi connectivity index (χ0v) is 11.4. The molecule has 1 heterocycles. The van der Waals surface area contributed by atoms with Gasteiger partial charge in [-0.25, -0.2) is 0 Å². The predicted molar refractivity (Wildman–Crippen MR) is 73.2 cm³/mol. The number of alkyl halides is 1. The zero-order valence-electron chi connectivity index (χ0n) is 8.95. The Labute approximate surface area is 104 Å². The molecule has 0 bridgehead atoms. The summed E-state index contributed by atoms with van der Waals surface area (Å²) in [5.41, 5.74) is 2.72. The SMILES string of the molecule is CSC1CCN(c2ccc(CBr)cc2)C1. The maximum Gasteiger partial charge on any atom is 0.0366 e. The van der Waals surface area contributed by atoms with Gasteiger partial charge in [-0.3, -0.25) is 0 Å². The fourth-order valence-corrected chi connectivity index (χ4v) is 2.99. The van der Waals surface area contributed by atoms with E-state index in [0.717, 1.165) is 10.6 Å². The Bertz CT molecular complexity index is 312. The van der Waals surface area contributed by atoms with Crippen molar-refractivity contribution in [3.05, 3.63) is 29.8 Å². The van der Waals surface area contributed by atoms with E-state index in [1.807, 2.05) is 11.8 Å². The minimum Gasteiger partial charge on any atom is -0.370 e. The molecule has 1 atom stereocenters. The van der Waals surface area contributed by atoms with Gasteiger partial charge >= 0.3 is 0 Å². The predicted octanol–water partition coefficient (Wildman–Crippen LogP) is 3.52. The highest BCUT2D eigenvalue weighted by Gasteiger charge is 2.21. The van der Waals surface area contributed by atoms with Gasteiger partial charge in [-0.05, 0) is 30.4 Å². The van der Waals surface area contributed by atoms with E-state index in [4.69, 9.17) is 0 Å². The molecule has 0 aliphatic carbocycles. The minimum atomic E-state index is 0.820. The van der Waals surface area contributed by atoms with Crippen molar-refractivity contribution in [1.29, 1.82) is 0 Å². The van der Waals surface area contributed by atoms with Crippen LogP contribution in [0.1, 0.15) is 12.0 Å². The number of rotatable bonds is 3. The van der Waals surface area contributed by atoms with Crippen molar-refractivity contribution in [3.8, 4) is 0 Å². The van der Waals surface area contributed by atoms with Crippen molar-refractivity contribution >= 4 is 33.4 Å². The molecule has 2 rings (SSSR count). The standard InChI is InChI=1S/C12H16BrNS/c1-15-12-6-7-14(9-12)11-4-2-10(8-13)3-5-11/h2-5,12H,6-9H2,1H3. The molecule has 82 valence electrons. The molecule has 15 heavy (non-hydrogen) atoms. The molecule has 1 fully saturated rings. The number of anilines is 1. The highest BCUT2D eigenvalue weighted by atomic mass is 79.9. The zero-order chi connectivity index (χ0) is 10.7. The van der Waals surface area contributed by atoms with Gasteiger partial charge in [0, 0.05) is 29.4 Å². The van der Waals surface area contributed by atoms with Gasteiger partial charge in [0.15, 0.2) is 0 Å². The quantitative estimate of drug-likeness (QED) is 0.782. The van der Waals surface area contributed by atoms with Crippen LogP contribution >= 0.6 is 27.7 Å². The van der Waals surface area contributed by atoms with E-state index in [9.17, 15) is 0 Å². The molecule has 1 unspecified atom stereocenters. The first-order valence-electron chi connectivity index (χ1n) is 5.26. The summed E-state index contributed by atoms with van der Waals surface area (Å²) in [7, 11) is 0. The van der Waals surface area contributed by atoms with Gasteiger partial charge in [0.1, 0.15) is 0 Å². The maximum atomic E-state index is 3.47. The first kappa shape index (κ1) is 11.3. The monoisotopic (exact) mass is 285 g/mol. The number of hydrogen-bond donors (Lipinski definition) is 0. The van der Waals surface area contributed by atoms with Gasteiger partial charge in [-0.1, -0.05) is 28.1 Å². The largest absolute Gasteiger partial charge is 0.370 e. The van der Waals surface area contributed by atoms with Gasteiger partial charge < -0.3 is 4.90 Å². The van der Waals surface area contributed by atoms with Crippen LogP contribution in [0, 0.1) is 0 Å². The average molecular weight is 286 g/mol. The number of benzene rings is 1. The highest BCUT2D eigenvalue weighted by molar-refractivity contribution is 9.08. The van der Waals surface area contributed by atoms with Crippen LogP contribution in [0.25, 0.3) is 0 Å². The molecular formula is C12H16BrNS. The molecule has 1 aromatic carbocycles. The van der Waals surface area contributed by atoms with E-state index < -0.39 is 0 Å². The first-order valence-corrected chi connectivity index (χ1v) is 7.67. The smallest absolute Gasteiger partial charge is 0.0366 e. The van der Waals surface area contributed by atoms with E-state index in [1.165, 1.54) is 30.8 Å². The maximum absolute atomic E-state index is 3.47. The Kier molecular flexibility index (Phi) is 3.98. The summed E-state index contributed by atoms with van der Waals surface area (Å²) in [6, 6.07) is 8.88. The summed E-state index contributed by atoms with van der Waals surface area (Å²) in [6.07, 6.45) is 3.53. The molecular weight excluding hydrogens is 270 g/mol. The molecule has 1 saturated heterocycles. The lowest BCUT2D eigenvalue weighted by atomic mass is 10.2. The van der Waals surface area contributed by atoms with Gasteiger partial charge in [0.25, 0.3) is 0 Å².